The van der Waals surface area contributed by atoms with Crippen molar-refractivity contribution < 1.29 is 4.79 Å². The van der Waals surface area contributed by atoms with Gasteiger partial charge in [-0.2, -0.15) is 0 Å². The zero-order valence-corrected chi connectivity index (χ0v) is 11.3. The van der Waals surface area contributed by atoms with Crippen LogP contribution in [0.2, 0.25) is 0 Å². The van der Waals surface area contributed by atoms with Gasteiger partial charge in [-0.05, 0) is 57.3 Å². The van der Waals surface area contributed by atoms with Crippen LogP contribution < -0.4 is 10.6 Å². The molecule has 0 aromatic heterocycles. The fraction of sp³-hybridized carbons (Fsp3) is 0.929. The van der Waals surface area contributed by atoms with Gasteiger partial charge >= 0.3 is 6.03 Å². The molecular weight excluding hydrogens is 212 g/mol. The SMILES string of the molecule is CCC(C)NC(=O)NC(C)C1CC2CCC1C2. The lowest BCUT2D eigenvalue weighted by Crippen LogP contribution is -2.47. The maximum Gasteiger partial charge on any atom is 0.315 e. The second-order valence-corrected chi connectivity index (χ2v) is 6.05. The summed E-state index contributed by atoms with van der Waals surface area (Å²) in [5.74, 6) is 2.54. The van der Waals surface area contributed by atoms with Gasteiger partial charge < -0.3 is 10.6 Å². The standard InChI is InChI=1S/C14H26N2O/c1-4-9(2)15-14(17)16-10(3)13-8-11-5-6-12(13)7-11/h9-13H,4-8H2,1-3H3,(H2,15,16,17). The minimum Gasteiger partial charge on any atom is -0.336 e. The lowest BCUT2D eigenvalue weighted by Gasteiger charge is -2.29. The summed E-state index contributed by atoms with van der Waals surface area (Å²) >= 11 is 0. The first-order valence-corrected chi connectivity index (χ1v) is 7.17. The van der Waals surface area contributed by atoms with E-state index in [0.29, 0.717) is 6.04 Å². The van der Waals surface area contributed by atoms with E-state index in [1.165, 1.54) is 25.7 Å². The number of hydrogen-bond acceptors (Lipinski definition) is 1. The molecule has 98 valence electrons. The quantitative estimate of drug-likeness (QED) is 0.777. The topological polar surface area (TPSA) is 41.1 Å². The molecule has 2 amide bonds. The molecule has 0 radical (unpaired) electrons. The van der Waals surface area contributed by atoms with E-state index in [4.69, 9.17) is 0 Å². The van der Waals surface area contributed by atoms with Gasteiger partial charge in [0.2, 0.25) is 0 Å². The minimum absolute atomic E-state index is 0.00891. The molecule has 5 unspecified atom stereocenters. The summed E-state index contributed by atoms with van der Waals surface area (Å²) in [4.78, 5) is 11.8. The lowest BCUT2D eigenvalue weighted by atomic mass is 9.84. The smallest absolute Gasteiger partial charge is 0.315 e. The predicted molar refractivity (Wildman–Crippen MR) is 69.8 cm³/mol. The first kappa shape index (κ1) is 12.7. The molecule has 2 fully saturated rings. The average molecular weight is 238 g/mol. The summed E-state index contributed by atoms with van der Waals surface area (Å²) in [6, 6.07) is 0.603. The van der Waals surface area contributed by atoms with Crippen molar-refractivity contribution in [2.45, 2.75) is 65.0 Å². The third-order valence-corrected chi connectivity index (χ3v) is 4.78. The summed E-state index contributed by atoms with van der Waals surface area (Å²) in [7, 11) is 0. The third-order valence-electron chi connectivity index (χ3n) is 4.78. The Balaban J connectivity index is 1.77. The molecule has 2 bridgehead atoms. The van der Waals surface area contributed by atoms with Crippen molar-refractivity contribution in [1.29, 1.82) is 0 Å². The molecule has 2 aliphatic carbocycles. The van der Waals surface area contributed by atoms with Gasteiger partial charge in [0, 0.05) is 12.1 Å². The van der Waals surface area contributed by atoms with Crippen molar-refractivity contribution in [3.63, 3.8) is 0 Å². The van der Waals surface area contributed by atoms with Gasteiger partial charge in [0.1, 0.15) is 0 Å². The molecule has 5 atom stereocenters. The molecule has 0 aromatic rings. The van der Waals surface area contributed by atoms with Crippen LogP contribution in [0.25, 0.3) is 0 Å². The Morgan fingerprint density at radius 3 is 2.53 bits per heavy atom. The van der Waals surface area contributed by atoms with Crippen LogP contribution in [-0.4, -0.2) is 18.1 Å². The van der Waals surface area contributed by atoms with Crippen molar-refractivity contribution in [2.24, 2.45) is 17.8 Å². The summed E-state index contributed by atoms with van der Waals surface area (Å²) < 4.78 is 0. The average Bonchev–Trinajstić information content (AvgIpc) is 2.90. The van der Waals surface area contributed by atoms with Crippen molar-refractivity contribution in [3.8, 4) is 0 Å². The minimum atomic E-state index is 0.00891. The van der Waals surface area contributed by atoms with E-state index in [1.54, 1.807) is 0 Å². The van der Waals surface area contributed by atoms with E-state index in [1.807, 2.05) is 6.92 Å². The van der Waals surface area contributed by atoms with E-state index in [9.17, 15) is 4.79 Å². The van der Waals surface area contributed by atoms with Gasteiger partial charge in [-0.25, -0.2) is 4.79 Å². The first-order valence-electron chi connectivity index (χ1n) is 7.17. The Bertz CT molecular complexity index is 279. The second kappa shape index (κ2) is 5.28. The van der Waals surface area contributed by atoms with Gasteiger partial charge in [0.15, 0.2) is 0 Å². The van der Waals surface area contributed by atoms with Crippen molar-refractivity contribution in [2.75, 3.05) is 0 Å². The van der Waals surface area contributed by atoms with Gasteiger partial charge in [-0.15, -0.1) is 0 Å². The van der Waals surface area contributed by atoms with E-state index >= 15 is 0 Å². The number of carbonyl (C=O) groups is 1. The van der Waals surface area contributed by atoms with Crippen LogP contribution in [0.4, 0.5) is 4.79 Å². The van der Waals surface area contributed by atoms with E-state index in [-0.39, 0.29) is 12.1 Å². The Morgan fingerprint density at radius 1 is 1.24 bits per heavy atom. The van der Waals surface area contributed by atoms with E-state index in [0.717, 1.165) is 24.2 Å². The summed E-state index contributed by atoms with van der Waals surface area (Å²) in [5.41, 5.74) is 0. The number of carbonyl (C=O) groups excluding carboxylic acids is 1. The molecule has 17 heavy (non-hydrogen) atoms. The third kappa shape index (κ3) is 2.93. The highest BCUT2D eigenvalue weighted by Gasteiger charge is 2.42. The van der Waals surface area contributed by atoms with Crippen molar-refractivity contribution >= 4 is 6.03 Å². The van der Waals surface area contributed by atoms with Gasteiger partial charge in [0.25, 0.3) is 0 Å². The summed E-state index contributed by atoms with van der Waals surface area (Å²) in [6.45, 7) is 6.30. The number of amides is 2. The van der Waals surface area contributed by atoms with E-state index < -0.39 is 0 Å². The van der Waals surface area contributed by atoms with Gasteiger partial charge in [-0.1, -0.05) is 13.3 Å². The Kier molecular flexibility index (Phi) is 3.95. The maximum atomic E-state index is 11.8. The van der Waals surface area contributed by atoms with Crippen LogP contribution in [0, 0.1) is 17.8 Å². The van der Waals surface area contributed by atoms with Crippen LogP contribution in [0.3, 0.4) is 0 Å². The molecule has 3 nitrogen and oxygen atoms in total. The van der Waals surface area contributed by atoms with Crippen LogP contribution in [-0.2, 0) is 0 Å². The number of nitrogens with one attached hydrogen (secondary N) is 2. The highest BCUT2D eigenvalue weighted by Crippen LogP contribution is 2.49. The Morgan fingerprint density at radius 2 is 2.00 bits per heavy atom. The molecule has 2 rings (SSSR count). The summed E-state index contributed by atoms with van der Waals surface area (Å²) in [5, 5.41) is 6.10. The fourth-order valence-electron chi connectivity index (χ4n) is 3.59. The normalized spacial score (nSPS) is 34.4. The molecule has 0 saturated heterocycles. The summed E-state index contributed by atoms with van der Waals surface area (Å²) in [6.07, 6.45) is 6.52. The van der Waals surface area contributed by atoms with Crippen LogP contribution >= 0.6 is 0 Å². The van der Waals surface area contributed by atoms with Crippen LogP contribution in [0.5, 0.6) is 0 Å². The molecular formula is C14H26N2O. The first-order chi connectivity index (χ1) is 8.10. The van der Waals surface area contributed by atoms with Gasteiger partial charge in [0.05, 0.1) is 0 Å². The highest BCUT2D eigenvalue weighted by molar-refractivity contribution is 5.74. The highest BCUT2D eigenvalue weighted by atomic mass is 16.2. The number of rotatable bonds is 4. The molecule has 0 heterocycles. The van der Waals surface area contributed by atoms with Crippen molar-refractivity contribution in [1.82, 2.24) is 10.6 Å². The lowest BCUT2D eigenvalue weighted by molar-refractivity contribution is 0.217. The largest absolute Gasteiger partial charge is 0.336 e. The predicted octanol–water partition coefficient (Wildman–Crippen LogP) is 2.91. The second-order valence-electron chi connectivity index (χ2n) is 6.05. The van der Waals surface area contributed by atoms with E-state index in [2.05, 4.69) is 24.5 Å². The number of urea groups is 1. The molecule has 2 aliphatic rings. The fourth-order valence-corrected chi connectivity index (χ4v) is 3.59. The van der Waals surface area contributed by atoms with Gasteiger partial charge in [-0.3, -0.25) is 0 Å². The monoisotopic (exact) mass is 238 g/mol. The molecule has 0 spiro atoms. The molecule has 2 N–H and O–H groups in total. The van der Waals surface area contributed by atoms with Crippen LogP contribution in [0.1, 0.15) is 52.9 Å². The zero-order chi connectivity index (χ0) is 12.4. The van der Waals surface area contributed by atoms with Crippen LogP contribution in [0.15, 0.2) is 0 Å². The Hall–Kier alpha value is -0.730. The number of hydrogen-bond donors (Lipinski definition) is 2. The zero-order valence-electron chi connectivity index (χ0n) is 11.3. The number of fused-ring (bicyclic) bond motifs is 2. The molecule has 2 saturated carbocycles. The molecule has 3 heteroatoms. The molecule has 0 aliphatic heterocycles. The maximum absolute atomic E-state index is 11.8. The van der Waals surface area contributed by atoms with Crippen molar-refractivity contribution in [3.05, 3.63) is 0 Å². The Labute approximate surface area is 105 Å². The molecule has 0 aromatic carbocycles.